The average molecular weight is 202 g/mol. The topological polar surface area (TPSA) is 55.9 Å². The Morgan fingerprint density at radius 1 is 1.13 bits per heavy atom. The first-order valence-corrected chi connectivity index (χ1v) is 4.80. The Morgan fingerprint density at radius 2 is 1.80 bits per heavy atom. The summed E-state index contributed by atoms with van der Waals surface area (Å²) in [5.41, 5.74) is 11.7. The largest absolute Gasteiger partial charge is 0.397 e. The van der Waals surface area contributed by atoms with E-state index in [2.05, 4.69) is 22.5 Å². The van der Waals surface area contributed by atoms with E-state index < -0.39 is 0 Å². The van der Waals surface area contributed by atoms with Gasteiger partial charge in [0, 0.05) is 11.4 Å². The van der Waals surface area contributed by atoms with Crippen molar-refractivity contribution in [1.82, 2.24) is 9.66 Å². The predicted molar refractivity (Wildman–Crippen MR) is 61.6 cm³/mol. The molecular formula is C11H14N4. The van der Waals surface area contributed by atoms with Gasteiger partial charge < -0.3 is 5.73 Å². The van der Waals surface area contributed by atoms with E-state index in [0.717, 1.165) is 17.2 Å². The predicted octanol–water partition coefficient (Wildman–Crippen LogP) is 1.96. The van der Waals surface area contributed by atoms with E-state index in [4.69, 9.17) is 5.73 Å². The third-order valence-corrected chi connectivity index (χ3v) is 2.28. The molecule has 2 rings (SSSR count). The quantitative estimate of drug-likeness (QED) is 0.782. The first-order chi connectivity index (χ1) is 7.16. The van der Waals surface area contributed by atoms with Gasteiger partial charge in [-0.15, -0.1) is 0 Å². The fourth-order valence-corrected chi connectivity index (χ4v) is 1.43. The van der Waals surface area contributed by atoms with Gasteiger partial charge >= 0.3 is 0 Å². The summed E-state index contributed by atoms with van der Waals surface area (Å²) in [6.07, 6.45) is 1.64. The van der Waals surface area contributed by atoms with Crippen LogP contribution in [-0.2, 0) is 0 Å². The molecule has 0 spiro atoms. The lowest BCUT2D eigenvalue weighted by Crippen LogP contribution is -2.13. The maximum atomic E-state index is 5.56. The van der Waals surface area contributed by atoms with Crippen LogP contribution in [0.2, 0.25) is 0 Å². The number of anilines is 2. The lowest BCUT2D eigenvalue weighted by atomic mass is 10.4. The minimum atomic E-state index is 0.668. The van der Waals surface area contributed by atoms with Gasteiger partial charge in [-0.1, -0.05) is 0 Å². The van der Waals surface area contributed by atoms with Gasteiger partial charge in [-0.3, -0.25) is 10.1 Å². The second-order valence-electron chi connectivity index (χ2n) is 3.54. The maximum Gasteiger partial charge on any atom is 0.144 e. The lowest BCUT2D eigenvalue weighted by Gasteiger charge is -2.11. The van der Waals surface area contributed by atoms with E-state index in [1.807, 2.05) is 30.7 Å². The molecule has 2 aromatic heterocycles. The van der Waals surface area contributed by atoms with Crippen molar-refractivity contribution in [3.05, 3.63) is 41.9 Å². The van der Waals surface area contributed by atoms with Crippen LogP contribution in [0.1, 0.15) is 11.4 Å². The number of nitrogens with one attached hydrogen (secondary N) is 1. The molecule has 2 aromatic rings. The molecule has 4 heteroatoms. The smallest absolute Gasteiger partial charge is 0.144 e. The highest BCUT2D eigenvalue weighted by Crippen LogP contribution is 2.10. The number of hydrogen-bond acceptors (Lipinski definition) is 3. The molecule has 0 radical (unpaired) electrons. The van der Waals surface area contributed by atoms with Crippen LogP contribution >= 0.6 is 0 Å². The molecule has 0 amide bonds. The molecule has 0 saturated heterocycles. The Balaban J connectivity index is 2.25. The van der Waals surface area contributed by atoms with Gasteiger partial charge in [-0.2, -0.15) is 0 Å². The zero-order chi connectivity index (χ0) is 10.8. The molecule has 3 N–H and O–H groups in total. The van der Waals surface area contributed by atoms with Crippen LogP contribution in [0.4, 0.5) is 11.5 Å². The van der Waals surface area contributed by atoms with Crippen LogP contribution in [0.3, 0.4) is 0 Å². The third kappa shape index (κ3) is 1.93. The molecule has 0 aliphatic carbocycles. The fourth-order valence-electron chi connectivity index (χ4n) is 1.43. The highest BCUT2D eigenvalue weighted by molar-refractivity contribution is 5.44. The summed E-state index contributed by atoms with van der Waals surface area (Å²) in [5.74, 6) is 0.784. The summed E-state index contributed by atoms with van der Waals surface area (Å²) in [6, 6.07) is 7.79. The number of nitrogens with zero attached hydrogens (tertiary/aromatic N) is 2. The summed E-state index contributed by atoms with van der Waals surface area (Å²) in [4.78, 5) is 4.18. The number of nitrogens with two attached hydrogens (primary N) is 1. The van der Waals surface area contributed by atoms with Crippen molar-refractivity contribution >= 4 is 11.5 Å². The van der Waals surface area contributed by atoms with E-state index in [1.165, 1.54) is 0 Å². The van der Waals surface area contributed by atoms with Gasteiger partial charge in [0.2, 0.25) is 0 Å². The molecule has 0 fully saturated rings. The summed E-state index contributed by atoms with van der Waals surface area (Å²) in [6.45, 7) is 4.08. The van der Waals surface area contributed by atoms with Gasteiger partial charge in [-0.05, 0) is 38.1 Å². The second kappa shape index (κ2) is 3.65. The fraction of sp³-hybridized carbons (Fsp3) is 0.182. The van der Waals surface area contributed by atoms with Crippen LogP contribution in [0, 0.1) is 13.8 Å². The highest BCUT2D eigenvalue weighted by Gasteiger charge is 2.00. The summed E-state index contributed by atoms with van der Waals surface area (Å²) in [5, 5.41) is 0. The normalized spacial score (nSPS) is 10.3. The van der Waals surface area contributed by atoms with Gasteiger partial charge in [0.15, 0.2) is 0 Å². The van der Waals surface area contributed by atoms with Crippen molar-refractivity contribution in [2.45, 2.75) is 13.8 Å². The van der Waals surface area contributed by atoms with Crippen LogP contribution < -0.4 is 11.2 Å². The van der Waals surface area contributed by atoms with E-state index in [0.29, 0.717) is 5.69 Å². The molecule has 4 nitrogen and oxygen atoms in total. The van der Waals surface area contributed by atoms with Crippen LogP contribution in [-0.4, -0.2) is 9.66 Å². The molecule has 0 unspecified atom stereocenters. The van der Waals surface area contributed by atoms with Crippen molar-refractivity contribution < 1.29 is 0 Å². The van der Waals surface area contributed by atoms with Gasteiger partial charge in [0.25, 0.3) is 0 Å². The minimum Gasteiger partial charge on any atom is -0.397 e. The Hall–Kier alpha value is -1.97. The van der Waals surface area contributed by atoms with Crippen LogP contribution in [0.5, 0.6) is 0 Å². The van der Waals surface area contributed by atoms with E-state index >= 15 is 0 Å². The van der Waals surface area contributed by atoms with Crippen molar-refractivity contribution in [1.29, 1.82) is 0 Å². The zero-order valence-electron chi connectivity index (χ0n) is 8.86. The van der Waals surface area contributed by atoms with Crippen molar-refractivity contribution in [2.24, 2.45) is 0 Å². The van der Waals surface area contributed by atoms with Crippen molar-refractivity contribution in [3.63, 3.8) is 0 Å². The Labute approximate surface area is 88.7 Å². The first kappa shape index (κ1) is 9.58. The summed E-state index contributed by atoms with van der Waals surface area (Å²) < 4.78 is 1.98. The lowest BCUT2D eigenvalue weighted by molar-refractivity contribution is 0.871. The third-order valence-electron chi connectivity index (χ3n) is 2.28. The van der Waals surface area contributed by atoms with E-state index in [1.54, 1.807) is 6.20 Å². The molecule has 0 aliphatic heterocycles. The second-order valence-corrected chi connectivity index (χ2v) is 3.54. The van der Waals surface area contributed by atoms with Crippen molar-refractivity contribution in [2.75, 3.05) is 11.2 Å². The summed E-state index contributed by atoms with van der Waals surface area (Å²) in [7, 11) is 0. The van der Waals surface area contributed by atoms with E-state index in [-0.39, 0.29) is 0 Å². The molecule has 78 valence electrons. The monoisotopic (exact) mass is 202 g/mol. The molecule has 2 heterocycles. The van der Waals surface area contributed by atoms with Gasteiger partial charge in [0.05, 0.1) is 11.9 Å². The van der Waals surface area contributed by atoms with Crippen LogP contribution in [0.15, 0.2) is 30.5 Å². The molecule has 0 aromatic carbocycles. The summed E-state index contributed by atoms with van der Waals surface area (Å²) >= 11 is 0. The number of hydrogen-bond donors (Lipinski definition) is 2. The first-order valence-electron chi connectivity index (χ1n) is 4.80. The highest BCUT2D eigenvalue weighted by atomic mass is 15.4. The molecule has 15 heavy (non-hydrogen) atoms. The molecule has 0 bridgehead atoms. The molecular weight excluding hydrogens is 188 g/mol. The number of nitrogen functional groups attached to an aromatic ring is 1. The molecule has 0 atom stereocenters. The maximum absolute atomic E-state index is 5.56. The van der Waals surface area contributed by atoms with E-state index in [9.17, 15) is 0 Å². The number of rotatable bonds is 2. The minimum absolute atomic E-state index is 0.668. The van der Waals surface area contributed by atoms with Crippen molar-refractivity contribution in [3.8, 4) is 0 Å². The standard InChI is InChI=1S/C11H14N4/c1-8-3-4-9(2)15(8)14-11-6-5-10(12)7-13-11/h3-7H,12H2,1-2H3,(H,13,14). The van der Waals surface area contributed by atoms with Gasteiger partial charge in [0.1, 0.15) is 5.82 Å². The Morgan fingerprint density at radius 3 is 2.33 bits per heavy atom. The Bertz CT molecular complexity index is 436. The average Bonchev–Trinajstić information content (AvgIpc) is 2.53. The zero-order valence-corrected chi connectivity index (χ0v) is 8.86. The SMILES string of the molecule is Cc1ccc(C)n1Nc1ccc(N)cn1. The van der Waals surface area contributed by atoms with Gasteiger partial charge in [-0.25, -0.2) is 4.98 Å². The number of aromatic nitrogens is 2. The number of aryl methyl sites for hydroxylation is 2. The molecule has 0 aliphatic rings. The molecule has 0 saturated carbocycles. The Kier molecular flexibility index (Phi) is 2.33. The van der Waals surface area contributed by atoms with Crippen LogP contribution in [0.25, 0.3) is 0 Å². The number of pyridine rings is 1.